The summed E-state index contributed by atoms with van der Waals surface area (Å²) in [6.07, 6.45) is -2.39. The molecule has 0 bridgehead atoms. The summed E-state index contributed by atoms with van der Waals surface area (Å²) in [5.74, 6) is -1.77. The molecule has 96 valence electrons. The van der Waals surface area contributed by atoms with Gasteiger partial charge in [0.1, 0.15) is 23.8 Å². The zero-order valence-electron chi connectivity index (χ0n) is 9.31. The van der Waals surface area contributed by atoms with Gasteiger partial charge >= 0.3 is 0 Å². The average Bonchev–Trinajstić information content (AvgIpc) is 2.70. The Balaban J connectivity index is 2.33. The van der Waals surface area contributed by atoms with Gasteiger partial charge in [0.05, 0.1) is 24.4 Å². The maximum atomic E-state index is 13.6. The molecule has 0 aliphatic carbocycles. The van der Waals surface area contributed by atoms with Crippen LogP contribution in [0.25, 0.3) is 0 Å². The van der Waals surface area contributed by atoms with Crippen molar-refractivity contribution in [2.24, 2.45) is 0 Å². The van der Waals surface area contributed by atoms with Crippen molar-refractivity contribution in [3.8, 4) is 6.07 Å². The zero-order chi connectivity index (χ0) is 13.3. The standard InChI is InChI=1S/C12H11F2NO3/c13-8-2-9(14)7(1-6(8)4-15)11-3-10(17)12(5-16)18-11/h1-2,10-12,16-17H,3,5H2/t10-,11+,12+/m0/s1. The second kappa shape index (κ2) is 4.98. The molecule has 1 aliphatic rings. The lowest BCUT2D eigenvalue weighted by Crippen LogP contribution is -2.24. The van der Waals surface area contributed by atoms with E-state index in [-0.39, 0.29) is 24.2 Å². The fourth-order valence-electron chi connectivity index (χ4n) is 1.99. The first-order chi connectivity index (χ1) is 8.56. The minimum atomic E-state index is -0.934. The van der Waals surface area contributed by atoms with Gasteiger partial charge in [-0.25, -0.2) is 8.78 Å². The highest BCUT2D eigenvalue weighted by molar-refractivity contribution is 5.36. The van der Waals surface area contributed by atoms with Crippen molar-refractivity contribution in [1.29, 1.82) is 5.26 Å². The van der Waals surface area contributed by atoms with Crippen LogP contribution in [-0.2, 0) is 4.74 Å². The molecule has 4 nitrogen and oxygen atoms in total. The van der Waals surface area contributed by atoms with Crippen LogP contribution in [-0.4, -0.2) is 29.0 Å². The highest BCUT2D eigenvalue weighted by atomic mass is 19.1. The van der Waals surface area contributed by atoms with E-state index < -0.39 is 29.9 Å². The van der Waals surface area contributed by atoms with E-state index in [2.05, 4.69) is 0 Å². The Morgan fingerprint density at radius 2 is 2.11 bits per heavy atom. The van der Waals surface area contributed by atoms with Crippen molar-refractivity contribution in [3.63, 3.8) is 0 Å². The second-order valence-corrected chi connectivity index (χ2v) is 4.11. The first kappa shape index (κ1) is 12.9. The highest BCUT2D eigenvalue weighted by Gasteiger charge is 2.35. The van der Waals surface area contributed by atoms with Gasteiger partial charge in [0.15, 0.2) is 0 Å². The SMILES string of the molecule is N#Cc1cc([C@H]2C[C@H](O)[C@@H](CO)O2)c(F)cc1F. The van der Waals surface area contributed by atoms with E-state index in [1.165, 1.54) is 0 Å². The fraction of sp³-hybridized carbons (Fsp3) is 0.417. The lowest BCUT2D eigenvalue weighted by atomic mass is 10.0. The van der Waals surface area contributed by atoms with Crippen molar-refractivity contribution in [2.75, 3.05) is 6.61 Å². The van der Waals surface area contributed by atoms with Crippen molar-refractivity contribution in [3.05, 3.63) is 34.9 Å². The predicted molar refractivity (Wildman–Crippen MR) is 56.4 cm³/mol. The molecule has 3 atom stereocenters. The summed E-state index contributed by atoms with van der Waals surface area (Å²) in [5.41, 5.74) is -0.264. The van der Waals surface area contributed by atoms with Crippen LogP contribution < -0.4 is 0 Å². The number of aliphatic hydroxyl groups is 2. The minimum Gasteiger partial charge on any atom is -0.394 e. The number of halogens is 2. The molecule has 1 aromatic rings. The summed E-state index contributed by atoms with van der Waals surface area (Å²) in [6.45, 7) is -0.383. The van der Waals surface area contributed by atoms with Gasteiger partial charge in [-0.3, -0.25) is 0 Å². The normalized spacial score (nSPS) is 27.2. The molecule has 1 heterocycles. The van der Waals surface area contributed by atoms with Gasteiger partial charge in [0.25, 0.3) is 0 Å². The van der Waals surface area contributed by atoms with E-state index in [0.717, 1.165) is 6.07 Å². The maximum absolute atomic E-state index is 13.6. The molecule has 18 heavy (non-hydrogen) atoms. The topological polar surface area (TPSA) is 73.5 Å². The number of benzene rings is 1. The second-order valence-electron chi connectivity index (χ2n) is 4.11. The van der Waals surface area contributed by atoms with Gasteiger partial charge in [-0.1, -0.05) is 0 Å². The summed E-state index contributed by atoms with van der Waals surface area (Å²) >= 11 is 0. The van der Waals surface area contributed by atoms with Crippen molar-refractivity contribution < 1.29 is 23.7 Å². The number of rotatable bonds is 2. The molecule has 1 saturated heterocycles. The first-order valence-corrected chi connectivity index (χ1v) is 5.40. The average molecular weight is 255 g/mol. The van der Waals surface area contributed by atoms with Gasteiger partial charge in [-0.2, -0.15) is 5.26 Å². The van der Waals surface area contributed by atoms with Gasteiger partial charge in [-0.05, 0) is 6.07 Å². The van der Waals surface area contributed by atoms with Crippen molar-refractivity contribution in [2.45, 2.75) is 24.7 Å². The van der Waals surface area contributed by atoms with Crippen LogP contribution in [0.4, 0.5) is 8.78 Å². The van der Waals surface area contributed by atoms with Gasteiger partial charge in [0.2, 0.25) is 0 Å². The summed E-state index contributed by atoms with van der Waals surface area (Å²) in [4.78, 5) is 0. The monoisotopic (exact) mass is 255 g/mol. The Labute approximate surface area is 102 Å². The molecule has 0 unspecified atom stereocenters. The van der Waals surface area contributed by atoms with E-state index in [1.54, 1.807) is 6.07 Å². The Morgan fingerprint density at radius 3 is 2.67 bits per heavy atom. The predicted octanol–water partition coefficient (Wildman–Crippen LogP) is 1.02. The summed E-state index contributed by atoms with van der Waals surface area (Å²) in [7, 11) is 0. The van der Waals surface area contributed by atoms with Crippen molar-refractivity contribution in [1.82, 2.24) is 0 Å². The first-order valence-electron chi connectivity index (χ1n) is 5.40. The van der Waals surface area contributed by atoms with E-state index in [9.17, 15) is 13.9 Å². The number of ether oxygens (including phenoxy) is 1. The Hall–Kier alpha value is -1.55. The molecular formula is C12H11F2NO3. The highest BCUT2D eigenvalue weighted by Crippen LogP contribution is 2.35. The molecule has 0 saturated carbocycles. The fourth-order valence-corrected chi connectivity index (χ4v) is 1.99. The molecule has 2 rings (SSSR count). The van der Waals surface area contributed by atoms with E-state index >= 15 is 0 Å². The van der Waals surface area contributed by atoms with Gasteiger partial charge < -0.3 is 14.9 Å². The summed E-state index contributed by atoms with van der Waals surface area (Å²) in [6, 6.07) is 3.31. The number of nitriles is 1. The van der Waals surface area contributed by atoms with E-state index in [4.69, 9.17) is 15.1 Å². The largest absolute Gasteiger partial charge is 0.394 e. The molecule has 6 heteroatoms. The maximum Gasteiger partial charge on any atom is 0.143 e. The summed E-state index contributed by atoms with van der Waals surface area (Å²) < 4.78 is 32.0. The third-order valence-electron chi connectivity index (χ3n) is 2.96. The van der Waals surface area contributed by atoms with Crippen LogP contribution in [0, 0.1) is 23.0 Å². The number of aliphatic hydroxyl groups excluding tert-OH is 2. The van der Waals surface area contributed by atoms with Gasteiger partial charge in [0, 0.05) is 18.1 Å². The molecule has 0 aromatic heterocycles. The molecule has 0 spiro atoms. The van der Waals surface area contributed by atoms with E-state index in [0.29, 0.717) is 6.07 Å². The minimum absolute atomic E-state index is 0.0166. The molecule has 1 aromatic carbocycles. The Morgan fingerprint density at radius 1 is 1.39 bits per heavy atom. The quantitative estimate of drug-likeness (QED) is 0.827. The zero-order valence-corrected chi connectivity index (χ0v) is 9.31. The summed E-state index contributed by atoms with van der Waals surface area (Å²) in [5, 5.41) is 27.2. The van der Waals surface area contributed by atoms with Crippen LogP contribution in [0.5, 0.6) is 0 Å². The number of nitrogens with zero attached hydrogens (tertiary/aromatic N) is 1. The Kier molecular flexibility index (Phi) is 3.57. The lowest BCUT2D eigenvalue weighted by Gasteiger charge is -2.13. The van der Waals surface area contributed by atoms with Crippen LogP contribution in [0.15, 0.2) is 12.1 Å². The third kappa shape index (κ3) is 2.20. The number of hydrogen-bond donors (Lipinski definition) is 2. The van der Waals surface area contributed by atoms with Crippen molar-refractivity contribution >= 4 is 0 Å². The van der Waals surface area contributed by atoms with Gasteiger partial charge in [-0.15, -0.1) is 0 Å². The van der Waals surface area contributed by atoms with Crippen LogP contribution >= 0.6 is 0 Å². The number of hydrogen-bond acceptors (Lipinski definition) is 4. The molecule has 2 N–H and O–H groups in total. The van der Waals surface area contributed by atoms with Crippen LogP contribution in [0.2, 0.25) is 0 Å². The smallest absolute Gasteiger partial charge is 0.143 e. The molecule has 1 fully saturated rings. The molecule has 0 radical (unpaired) electrons. The molecular weight excluding hydrogens is 244 g/mol. The van der Waals surface area contributed by atoms with Crippen LogP contribution in [0.3, 0.4) is 0 Å². The lowest BCUT2D eigenvalue weighted by molar-refractivity contribution is -0.0233. The van der Waals surface area contributed by atoms with Crippen LogP contribution in [0.1, 0.15) is 23.7 Å². The molecule has 1 aliphatic heterocycles. The third-order valence-corrected chi connectivity index (χ3v) is 2.96. The Bertz CT molecular complexity index is 501. The molecule has 0 amide bonds. The van der Waals surface area contributed by atoms with E-state index in [1.807, 2.05) is 0 Å².